The van der Waals surface area contributed by atoms with Crippen LogP contribution in [0.15, 0.2) is 39.9 Å². The molecular weight excluding hydrogens is 446 g/mol. The molecule has 0 saturated heterocycles. The summed E-state index contributed by atoms with van der Waals surface area (Å²) in [6, 6.07) is 7.58. The fraction of sp³-hybridized carbons (Fsp3) is 0.273. The van der Waals surface area contributed by atoms with Crippen LogP contribution in [0.2, 0.25) is 0 Å². The largest absolute Gasteiger partial charge is 0.497 e. The van der Waals surface area contributed by atoms with E-state index >= 15 is 0 Å². The van der Waals surface area contributed by atoms with Gasteiger partial charge in [-0.3, -0.25) is 10.2 Å². The van der Waals surface area contributed by atoms with E-state index in [2.05, 4.69) is 10.1 Å². The number of amidine groups is 2. The van der Waals surface area contributed by atoms with E-state index in [1.165, 1.54) is 16.8 Å². The quantitative estimate of drug-likeness (QED) is 0.651. The first-order valence-corrected chi connectivity index (χ1v) is 11.7. The molecule has 0 aliphatic carbocycles. The van der Waals surface area contributed by atoms with E-state index in [1.807, 2.05) is 49.6 Å². The first kappa shape index (κ1) is 22.2. The summed E-state index contributed by atoms with van der Waals surface area (Å²) in [5, 5.41) is 14.9. The summed E-state index contributed by atoms with van der Waals surface area (Å²) in [6.45, 7) is 5.97. The first-order chi connectivity index (χ1) is 15.4. The van der Waals surface area contributed by atoms with Crippen LogP contribution in [0.3, 0.4) is 0 Å². The number of rotatable bonds is 5. The van der Waals surface area contributed by atoms with Crippen LogP contribution in [0.4, 0.5) is 0 Å². The Kier molecular flexibility index (Phi) is 6.16. The van der Waals surface area contributed by atoms with Gasteiger partial charge in [-0.2, -0.15) is 10.0 Å². The maximum absolute atomic E-state index is 12.7. The van der Waals surface area contributed by atoms with E-state index in [-0.39, 0.29) is 11.4 Å². The summed E-state index contributed by atoms with van der Waals surface area (Å²) < 4.78 is 13.8. The molecular formula is C22H23N5O3S2. The summed E-state index contributed by atoms with van der Waals surface area (Å²) in [5.74, 6) is 1.87. The van der Waals surface area contributed by atoms with Crippen LogP contribution in [0, 0.1) is 19.3 Å². The number of methoxy groups -OCH3 is 2. The van der Waals surface area contributed by atoms with Gasteiger partial charge in [0.1, 0.15) is 11.5 Å². The molecule has 0 saturated carbocycles. The van der Waals surface area contributed by atoms with Crippen molar-refractivity contribution in [1.29, 1.82) is 5.41 Å². The van der Waals surface area contributed by atoms with Gasteiger partial charge in [-0.1, -0.05) is 18.7 Å². The molecule has 0 fully saturated rings. The highest BCUT2D eigenvalue weighted by Crippen LogP contribution is 2.34. The molecule has 2 aliphatic heterocycles. The van der Waals surface area contributed by atoms with E-state index in [9.17, 15) is 4.79 Å². The monoisotopic (exact) mass is 469 g/mol. The number of nitrogens with one attached hydrogen (secondary N) is 1. The number of aryl methyl sites for hydroxylation is 1. The Morgan fingerprint density at radius 2 is 2.00 bits per heavy atom. The molecule has 2 aromatic rings. The third kappa shape index (κ3) is 3.84. The zero-order valence-corrected chi connectivity index (χ0v) is 20.1. The van der Waals surface area contributed by atoms with Gasteiger partial charge >= 0.3 is 0 Å². The van der Waals surface area contributed by atoms with Gasteiger partial charge in [0.15, 0.2) is 10.2 Å². The molecule has 10 heteroatoms. The van der Waals surface area contributed by atoms with Crippen molar-refractivity contribution in [1.82, 2.24) is 9.58 Å². The topological polar surface area (TPSA) is 92.3 Å². The molecule has 2 aliphatic rings. The number of hydrogen-bond donors (Lipinski definition) is 1. The predicted octanol–water partition coefficient (Wildman–Crippen LogP) is 4.44. The first-order valence-electron chi connectivity index (χ1n) is 9.92. The number of carbonyl (C=O) groups excluding carboxylic acids is 1. The minimum Gasteiger partial charge on any atom is -0.497 e. The summed E-state index contributed by atoms with van der Waals surface area (Å²) in [7, 11) is 3.25. The number of aromatic nitrogens is 1. The molecule has 0 atom stereocenters. The van der Waals surface area contributed by atoms with Gasteiger partial charge in [0, 0.05) is 17.5 Å². The molecule has 4 rings (SSSR count). The van der Waals surface area contributed by atoms with E-state index in [0.717, 1.165) is 32.8 Å². The van der Waals surface area contributed by atoms with Crippen LogP contribution in [0.5, 0.6) is 11.5 Å². The van der Waals surface area contributed by atoms with Gasteiger partial charge in [0.05, 0.1) is 25.5 Å². The lowest BCUT2D eigenvalue weighted by Crippen LogP contribution is -2.35. The van der Waals surface area contributed by atoms with Crippen molar-refractivity contribution in [2.24, 2.45) is 10.1 Å². The number of carbonyl (C=O) groups is 1. The summed E-state index contributed by atoms with van der Waals surface area (Å²) in [6.07, 6.45) is 1.71. The molecule has 1 N–H and O–H groups in total. The maximum atomic E-state index is 12.7. The lowest BCUT2D eigenvalue weighted by atomic mass is 10.1. The van der Waals surface area contributed by atoms with Crippen molar-refractivity contribution in [3.8, 4) is 17.2 Å². The van der Waals surface area contributed by atoms with Crippen molar-refractivity contribution >= 4 is 50.9 Å². The number of fused-ring (bicyclic) bond motifs is 1. The number of thioether (sulfide) groups is 2. The highest BCUT2D eigenvalue weighted by Gasteiger charge is 2.35. The highest BCUT2D eigenvalue weighted by molar-refractivity contribution is 8.45. The molecule has 3 heterocycles. The van der Waals surface area contributed by atoms with Crippen LogP contribution in [-0.4, -0.2) is 50.8 Å². The molecule has 0 unspecified atom stereocenters. The minimum atomic E-state index is -0.435. The Balaban J connectivity index is 1.76. The van der Waals surface area contributed by atoms with Crippen LogP contribution < -0.4 is 9.47 Å². The van der Waals surface area contributed by atoms with Gasteiger partial charge in [-0.25, -0.2) is 0 Å². The maximum Gasteiger partial charge on any atom is 0.283 e. The van der Waals surface area contributed by atoms with Crippen molar-refractivity contribution in [2.45, 2.75) is 20.8 Å². The smallest absolute Gasteiger partial charge is 0.283 e. The third-order valence-corrected chi connectivity index (χ3v) is 7.02. The zero-order chi connectivity index (χ0) is 23.0. The predicted molar refractivity (Wildman–Crippen MR) is 131 cm³/mol. The van der Waals surface area contributed by atoms with Gasteiger partial charge in [-0.05, 0) is 61.2 Å². The molecule has 0 radical (unpaired) electrons. The standard InChI is InChI=1S/C22H23N5O3S2/c1-6-31-22-25-27-19(23)16(20(28)24-21(27)32-22)10-14-9-12(2)26(13(14)3)17-11-15(29-4)7-8-18(17)30-5/h7-11,23H,6H2,1-5H3/b16-10+,23-19?. The second-order valence-electron chi connectivity index (χ2n) is 7.02. The number of nitrogens with zero attached hydrogens (tertiary/aromatic N) is 4. The van der Waals surface area contributed by atoms with Crippen LogP contribution in [-0.2, 0) is 4.79 Å². The number of ether oxygens (including phenoxy) is 2. The molecule has 166 valence electrons. The summed E-state index contributed by atoms with van der Waals surface area (Å²) >= 11 is 2.88. The van der Waals surface area contributed by atoms with Crippen LogP contribution in [0.1, 0.15) is 23.9 Å². The van der Waals surface area contributed by atoms with Crippen molar-refractivity contribution in [3.63, 3.8) is 0 Å². The molecule has 32 heavy (non-hydrogen) atoms. The Bertz CT molecular complexity index is 1210. The molecule has 1 aromatic carbocycles. The number of hydrazone groups is 1. The van der Waals surface area contributed by atoms with Crippen LogP contribution >= 0.6 is 23.5 Å². The van der Waals surface area contributed by atoms with Crippen LogP contribution in [0.25, 0.3) is 11.8 Å². The normalized spacial score (nSPS) is 16.9. The number of amides is 1. The molecule has 8 nitrogen and oxygen atoms in total. The second-order valence-corrected chi connectivity index (χ2v) is 9.49. The molecule has 1 aromatic heterocycles. The minimum absolute atomic E-state index is 0.0305. The number of benzene rings is 1. The van der Waals surface area contributed by atoms with E-state index in [1.54, 1.807) is 32.1 Å². The number of hydrogen-bond acceptors (Lipinski definition) is 7. The molecule has 0 spiro atoms. The van der Waals surface area contributed by atoms with Crippen molar-refractivity contribution in [3.05, 3.63) is 46.8 Å². The lowest BCUT2D eigenvalue weighted by Gasteiger charge is -2.20. The number of aliphatic imine (C=N–C) groups is 1. The van der Waals surface area contributed by atoms with Crippen molar-refractivity contribution in [2.75, 3.05) is 20.0 Å². The Morgan fingerprint density at radius 1 is 1.22 bits per heavy atom. The van der Waals surface area contributed by atoms with Gasteiger partial charge < -0.3 is 14.0 Å². The summed E-state index contributed by atoms with van der Waals surface area (Å²) in [4.78, 5) is 16.9. The van der Waals surface area contributed by atoms with Gasteiger partial charge in [0.25, 0.3) is 5.91 Å². The van der Waals surface area contributed by atoms with E-state index < -0.39 is 5.91 Å². The Morgan fingerprint density at radius 3 is 2.69 bits per heavy atom. The van der Waals surface area contributed by atoms with Crippen molar-refractivity contribution < 1.29 is 14.3 Å². The summed E-state index contributed by atoms with van der Waals surface area (Å²) in [5.41, 5.74) is 3.71. The lowest BCUT2D eigenvalue weighted by molar-refractivity contribution is -0.114. The zero-order valence-electron chi connectivity index (χ0n) is 18.4. The molecule has 1 amide bonds. The highest BCUT2D eigenvalue weighted by atomic mass is 32.2. The third-order valence-electron chi connectivity index (χ3n) is 5.10. The Hall–Kier alpha value is -2.98. The second kappa shape index (κ2) is 8.87. The molecule has 0 bridgehead atoms. The SMILES string of the molecule is CCSC1=NN2C(=N)/C(=C\c3cc(C)n(-c4cc(OC)ccc4OC)c3C)C(=O)N=C2S1. The Labute approximate surface area is 194 Å². The fourth-order valence-corrected chi connectivity index (χ4v) is 5.41. The fourth-order valence-electron chi connectivity index (χ4n) is 3.59. The van der Waals surface area contributed by atoms with Gasteiger partial charge in [-0.15, -0.1) is 5.10 Å². The van der Waals surface area contributed by atoms with E-state index in [0.29, 0.717) is 16.7 Å². The van der Waals surface area contributed by atoms with E-state index in [4.69, 9.17) is 14.9 Å². The average molecular weight is 470 g/mol. The average Bonchev–Trinajstić information content (AvgIpc) is 3.30. The van der Waals surface area contributed by atoms with Gasteiger partial charge in [0.2, 0.25) is 5.17 Å².